The molecule has 16 rings (SSSR count). The first-order chi connectivity index (χ1) is 67.8. The topological polar surface area (TPSA) is 765 Å². The van der Waals surface area contributed by atoms with Gasteiger partial charge in [-0.15, -0.1) is 0 Å². The molecule has 0 aliphatic carbocycles. The van der Waals surface area contributed by atoms with Gasteiger partial charge in [-0.1, -0.05) is 54.2 Å². The van der Waals surface area contributed by atoms with Gasteiger partial charge in [0.25, 0.3) is 11.1 Å². The molecule has 16 heterocycles. The number of aromatic amines is 2. The minimum Gasteiger partial charge on any atom is -0.780 e. The Morgan fingerprint density at radius 3 is 1.29 bits per heavy atom. The fraction of sp³-hybridized carbons (Fsp3) is 0.616. The number of nitrogens with zero attached hydrogens (tertiary/aromatic N) is 18. The normalized spacial score (nSPS) is 29.1. The number of aromatic nitrogens is 20. The number of hydrogen-bond acceptors (Lipinski definition) is 56. The number of aliphatic hydroxyl groups excluding tert-OH is 1. The zero-order valence-electron chi connectivity index (χ0n) is 75.8. The predicted octanol–water partition coefficient (Wildman–Crippen LogP) is -2.96. The van der Waals surface area contributed by atoms with Crippen LogP contribution in [0.1, 0.15) is 74.7 Å². The second-order valence-corrected chi connectivity index (χ2v) is 45.9. The summed E-state index contributed by atoms with van der Waals surface area (Å²) in [5.41, 5.74) is 28.2. The smallest absolute Gasteiger partial charge is 0.351 e. The maximum Gasteiger partial charge on any atom is 0.351 e. The van der Waals surface area contributed by atoms with E-state index in [4.69, 9.17) is 200 Å². The number of aliphatic hydroxyl groups is 1. The molecule has 69 heteroatoms. The number of hydrogen-bond donors (Lipinski definition) is 8. The van der Waals surface area contributed by atoms with Crippen molar-refractivity contribution in [3.05, 3.63) is 109 Å². The fourth-order valence-electron chi connectivity index (χ4n) is 16.6. The molecule has 10 aromatic heterocycles. The molecule has 13 N–H and O–H groups in total. The zero-order chi connectivity index (χ0) is 101. The number of nitrogens with two attached hydrogens (primary N) is 5. The highest BCUT2D eigenvalue weighted by atomic mass is 32.7. The third kappa shape index (κ3) is 24.3. The second kappa shape index (κ2) is 45.7. The van der Waals surface area contributed by atoms with Crippen molar-refractivity contribution in [3.63, 3.8) is 0 Å². The largest absolute Gasteiger partial charge is 0.780 e. The van der Waals surface area contributed by atoms with Crippen molar-refractivity contribution in [2.75, 3.05) is 143 Å². The molecule has 0 amide bonds. The van der Waals surface area contributed by atoms with Gasteiger partial charge < -0.3 is 177 Å². The van der Waals surface area contributed by atoms with Gasteiger partial charge in [-0.25, -0.2) is 59.4 Å². The molecule has 6 aliphatic heterocycles. The summed E-state index contributed by atoms with van der Waals surface area (Å²) >= 11 is 28.3. The van der Waals surface area contributed by atoms with Crippen molar-refractivity contribution in [1.29, 1.82) is 0 Å². The molecule has 6 fully saturated rings. The van der Waals surface area contributed by atoms with Gasteiger partial charge in [-0.05, 0) is 20.3 Å². The van der Waals surface area contributed by atoms with E-state index in [2.05, 4.69) is 69.8 Å². The van der Waals surface area contributed by atoms with E-state index in [9.17, 15) is 34.1 Å². The lowest BCUT2D eigenvalue weighted by atomic mass is 10.1. The molecule has 10 aromatic rings. The van der Waals surface area contributed by atoms with Gasteiger partial charge in [0.1, 0.15) is 160 Å². The number of ether oxygens (including phenoxy) is 14. The van der Waals surface area contributed by atoms with E-state index in [1.165, 1.54) is 93.8 Å². The summed E-state index contributed by atoms with van der Waals surface area (Å²) in [6.07, 6.45) is -21.1. The number of imidazole rings is 4. The third-order valence-corrected chi connectivity index (χ3v) is 31.0. The number of fused-ring (bicyclic) bond motifs is 4. The maximum absolute atomic E-state index is 15.6. The molecule has 0 bridgehead atoms. The predicted molar refractivity (Wildman–Crippen MR) is 497 cm³/mol. The molecule has 11 unspecified atom stereocenters. The van der Waals surface area contributed by atoms with Crippen LogP contribution in [0.2, 0.25) is 0 Å². The van der Waals surface area contributed by atoms with Crippen LogP contribution in [0.15, 0.2) is 75.9 Å². The number of methoxy groups -OCH3 is 4. The van der Waals surface area contributed by atoms with Crippen molar-refractivity contribution in [1.82, 2.24) is 97.2 Å². The monoisotopic (exact) mass is 2180 g/mol. The lowest BCUT2D eigenvalue weighted by molar-refractivity contribution is -0.222. The van der Waals surface area contributed by atoms with Gasteiger partial charge in [0.05, 0.1) is 130 Å². The zero-order valence-corrected chi connectivity index (χ0v) is 84.4. The van der Waals surface area contributed by atoms with E-state index in [1.54, 1.807) is 11.5 Å². The van der Waals surface area contributed by atoms with E-state index in [0.29, 0.717) is 17.6 Å². The van der Waals surface area contributed by atoms with Crippen LogP contribution >= 0.6 is 33.7 Å². The summed E-state index contributed by atoms with van der Waals surface area (Å²) in [5.74, 6) is -0.438. The molecule has 0 spiro atoms. The molecule has 0 aromatic carbocycles. The first-order valence-electron chi connectivity index (χ1n) is 43.2. The Labute approximate surface area is 827 Å². The first-order valence-corrected chi connectivity index (χ1v) is 56.0. The summed E-state index contributed by atoms with van der Waals surface area (Å²) in [7, 11) is 5.53. The summed E-state index contributed by atoms with van der Waals surface area (Å²) < 4.78 is 169. The highest BCUT2D eigenvalue weighted by Gasteiger charge is 2.55. The SMILES string of the molecule is CC[C@H]1O[C@@H](n2cnc3c(N)ncnc32)CC1OP([O-])(=S)OC[C@H]1O[C@@H](n2cc(C)c(=O)[nH]c2=O)[C@@H](OCCOC)C1OP(=O)([S-])OC[C@H]1O[C@@H](n2cnc3c(N)ncnc32)[C@@H](OCCOC)C1OP([O-])(=S)OC[C@H]1O[C@@H](n2cnc3c(=O)[nH]c(N)nc32)CC1OP([O-])(=S)OC[C@H]1O[C@@H](n2cc(C)c(N)nc2=O)[C@@H](OCCOC)C1OP([O-])(=S)OC[C@H]1O[C@@H](n2cnc3c(N)ncnc32)[C@@H](OCCOC)C1O. The summed E-state index contributed by atoms with van der Waals surface area (Å²) in [5, 5.41) is 11.9. The molecule has 6 saturated heterocycles. The fourth-order valence-corrected chi connectivity index (χ4v) is 23.7. The number of nitrogens with one attached hydrogen (secondary N) is 2. The van der Waals surface area contributed by atoms with Crippen LogP contribution in [0, 0.1) is 13.8 Å². The first kappa shape index (κ1) is 107. The van der Waals surface area contributed by atoms with Gasteiger partial charge in [0.15, 0.2) is 77.3 Å². The Bertz CT molecular complexity index is 6660. The average Bonchev–Trinajstić information content (AvgIpc) is 1.59. The minimum absolute atomic E-state index is 0.0162. The third-order valence-electron chi connectivity index (χ3n) is 23.2. The maximum atomic E-state index is 15.6. The molecule has 27 atom stereocenters. The van der Waals surface area contributed by atoms with Crippen molar-refractivity contribution in [3.8, 4) is 0 Å². The van der Waals surface area contributed by atoms with E-state index in [0.717, 1.165) is 28.0 Å². The quantitative estimate of drug-likeness (QED) is 0.0107. The number of rotatable bonds is 48. The van der Waals surface area contributed by atoms with Crippen molar-refractivity contribution in [2.24, 2.45) is 0 Å². The van der Waals surface area contributed by atoms with Crippen LogP contribution in [-0.4, -0.2) is 314 Å². The van der Waals surface area contributed by atoms with E-state index >= 15 is 14.4 Å². The Balaban J connectivity index is 0.666. The Morgan fingerprint density at radius 1 is 0.423 bits per heavy atom. The van der Waals surface area contributed by atoms with Gasteiger partial charge >= 0.3 is 11.4 Å². The molecule has 6 aliphatic rings. The number of anilines is 5. The van der Waals surface area contributed by atoms with E-state index in [-0.39, 0.29) is 133 Å². The molecular weight excluding hydrogens is 2090 g/mol. The molecule has 59 nitrogen and oxygen atoms in total. The summed E-state index contributed by atoms with van der Waals surface area (Å²) in [6, 6.07) is 0. The average molecular weight is 2180 g/mol. The highest BCUT2D eigenvalue weighted by molar-refractivity contribution is 8.32. The molecular formula is C73H97N25O34P5S5-5. The number of H-pyrrole nitrogens is 2. The van der Waals surface area contributed by atoms with Crippen LogP contribution in [0.5, 0.6) is 0 Å². The minimum atomic E-state index is -5.21. The second-order valence-electron chi connectivity index (χ2n) is 32.4. The molecule has 0 radical (unpaired) electrons. The van der Waals surface area contributed by atoms with E-state index < -0.39 is 231 Å². The van der Waals surface area contributed by atoms with Crippen LogP contribution < -0.4 is 70.7 Å². The summed E-state index contributed by atoms with van der Waals surface area (Å²) in [6.45, 7) is -26.0. The molecule has 142 heavy (non-hydrogen) atoms. The molecule has 0 saturated carbocycles. The van der Waals surface area contributed by atoms with Crippen LogP contribution in [0.25, 0.3) is 44.7 Å². The van der Waals surface area contributed by atoms with Crippen molar-refractivity contribution < 1.29 is 141 Å². The lowest BCUT2D eigenvalue weighted by Crippen LogP contribution is -2.41. The lowest BCUT2D eigenvalue weighted by Gasteiger charge is -2.37. The standard InChI is InChI=1S/C73H102N25O34P5S5/c1-8-35-36(17-43(122-35)95-29-85-45-58(75)79-26-82-61(45)95)128-133(104,138)119-23-41-51(55(115-15-11-111-6)69(126-41)94-20-34(3)65(100)92-73(94)103)131-137(108,142)121-25-42-52(56(116-16-12-112-7)70(127-42)98-32-87-47-60(77)81-28-84-63(47)98)132-135(106,140)117-21-38-37(18-44(123-38)96-30-88-48-64(96)90-71(78)91-66(48)101)129-134(105,139)120-24-40-50(54(114-14-10-110-5)68(125-40)93-19-33(2)57(74)89-72(93)102)130-136(107,141)118-22-39-49(99)53(113-13-9-109-4)67(124-39)97-31-86-46-59(76)80-27-83-62(46)97/h19-20,26-32,35-44,49-56,67-70,99H,8-18,21-25H2,1-7H3,(H,104,138)(H,105,139)(H,106,140)(H,107,141)(H,108,142)(H2,74,89,102)(H2,75,79,82)(H2,76,80,83)(H2,77,81,84)(H,92,100,103)(H3,78,90,91,101)/p-5/t35-,36?,37?,38-,39-,40-,41-,42-,43-,44-,49?,50?,51?,52?,53+,54+,55+,56+,67-,68-,69-,70-,133?,134?,135?,136?,137?/m1/s1. The highest BCUT2D eigenvalue weighted by Crippen LogP contribution is 2.57. The summed E-state index contributed by atoms with van der Waals surface area (Å²) in [4.78, 5) is 170. The van der Waals surface area contributed by atoms with E-state index in [1.807, 2.05) is 0 Å². The Hall–Kier alpha value is -7.42. The Kier molecular flexibility index (Phi) is 34.6. The molecule has 778 valence electrons. The van der Waals surface area contributed by atoms with Crippen molar-refractivity contribution >= 4 is 167 Å². The van der Waals surface area contributed by atoms with Gasteiger partial charge in [0, 0.05) is 64.8 Å². The van der Waals surface area contributed by atoms with Gasteiger partial charge in [-0.3, -0.25) is 51.5 Å². The van der Waals surface area contributed by atoms with Crippen molar-refractivity contribution in [2.45, 2.75) is 175 Å². The Morgan fingerprint density at radius 2 is 0.803 bits per heavy atom. The number of nitrogen functional groups attached to an aromatic ring is 5. The van der Waals surface area contributed by atoms with Crippen LogP contribution in [-0.2, 0) is 176 Å². The van der Waals surface area contributed by atoms with Gasteiger partial charge in [-0.2, -0.15) is 9.97 Å². The van der Waals surface area contributed by atoms with Gasteiger partial charge in [0.2, 0.25) is 5.95 Å². The van der Waals surface area contributed by atoms with Crippen LogP contribution in [0.3, 0.4) is 0 Å². The number of aryl methyl sites for hydroxylation is 2. The van der Waals surface area contributed by atoms with Crippen LogP contribution in [0.4, 0.5) is 29.2 Å².